The monoisotopic (exact) mass is 340 g/mol. The van der Waals surface area contributed by atoms with Gasteiger partial charge in [-0.05, 0) is 23.8 Å². The summed E-state index contributed by atoms with van der Waals surface area (Å²) < 4.78 is 10.3. The van der Waals surface area contributed by atoms with Gasteiger partial charge in [-0.3, -0.25) is 0 Å². The maximum atomic E-state index is 11.0. The average Bonchev–Trinajstić information content (AvgIpc) is 2.53. The van der Waals surface area contributed by atoms with Gasteiger partial charge in [0.1, 0.15) is 24.1 Å². The van der Waals surface area contributed by atoms with Gasteiger partial charge in [0.25, 0.3) is 0 Å². The van der Waals surface area contributed by atoms with Crippen molar-refractivity contribution in [2.45, 2.75) is 30.7 Å². The molecule has 9 heteroatoms. The lowest BCUT2D eigenvalue weighted by Crippen LogP contribution is -2.61. The van der Waals surface area contributed by atoms with E-state index in [4.69, 9.17) is 19.7 Å². The van der Waals surface area contributed by atoms with Crippen LogP contribution in [0, 0.1) is 0 Å². The van der Waals surface area contributed by atoms with E-state index in [1.807, 2.05) is 0 Å². The van der Waals surface area contributed by atoms with Crippen LogP contribution in [-0.4, -0.2) is 68.2 Å². The lowest BCUT2D eigenvalue weighted by atomic mass is 9.99. The van der Waals surface area contributed by atoms with E-state index < -0.39 is 42.6 Å². The van der Waals surface area contributed by atoms with Crippen LogP contribution in [0.5, 0.6) is 5.75 Å². The lowest BCUT2D eigenvalue weighted by molar-refractivity contribution is -0.271. The predicted octanol–water partition coefficient (Wildman–Crippen LogP) is -0.945. The smallest absolute Gasteiger partial charge is 0.335 e. The minimum absolute atomic E-state index is 0.152. The molecule has 24 heavy (non-hydrogen) atoms. The summed E-state index contributed by atoms with van der Waals surface area (Å²) in [5.41, 5.74) is 0.482. The average molecular weight is 340 g/mol. The Kier molecular flexibility index (Phi) is 5.52. The number of aliphatic carboxylic acids is 2. The summed E-state index contributed by atoms with van der Waals surface area (Å²) in [6, 6.07) is 6.05. The van der Waals surface area contributed by atoms with E-state index in [0.29, 0.717) is 5.56 Å². The van der Waals surface area contributed by atoms with Crippen molar-refractivity contribution in [3.63, 3.8) is 0 Å². The second kappa shape index (κ2) is 7.41. The molecule has 1 aliphatic rings. The SMILES string of the molecule is O=C(O)/C=C/c1cccc(OC2OC(C(=O)O)C(O)C(O)C2O)c1. The Morgan fingerprint density at radius 3 is 2.42 bits per heavy atom. The number of benzene rings is 1. The summed E-state index contributed by atoms with van der Waals surface area (Å²) in [6.45, 7) is 0. The van der Waals surface area contributed by atoms with Gasteiger partial charge in [-0.1, -0.05) is 12.1 Å². The number of carboxylic acid groups (broad SMARTS) is 2. The third-order valence-corrected chi connectivity index (χ3v) is 3.34. The molecular formula is C15H16O9. The first-order valence-electron chi connectivity index (χ1n) is 6.90. The molecule has 5 unspecified atom stereocenters. The number of carboxylic acids is 2. The predicted molar refractivity (Wildman–Crippen MR) is 78.1 cm³/mol. The summed E-state index contributed by atoms with van der Waals surface area (Å²) in [7, 11) is 0. The lowest BCUT2D eigenvalue weighted by Gasteiger charge is -2.38. The van der Waals surface area contributed by atoms with Crippen molar-refractivity contribution in [2.24, 2.45) is 0 Å². The van der Waals surface area contributed by atoms with E-state index in [2.05, 4.69) is 0 Å². The largest absolute Gasteiger partial charge is 0.479 e. The van der Waals surface area contributed by atoms with Crippen LogP contribution < -0.4 is 4.74 Å². The first-order chi connectivity index (χ1) is 11.3. The highest BCUT2D eigenvalue weighted by Crippen LogP contribution is 2.25. The van der Waals surface area contributed by atoms with Gasteiger partial charge in [0.2, 0.25) is 6.29 Å². The number of ether oxygens (including phenoxy) is 2. The Balaban J connectivity index is 2.16. The highest BCUT2D eigenvalue weighted by Gasteiger charge is 2.48. The molecule has 0 spiro atoms. The molecular weight excluding hydrogens is 324 g/mol. The zero-order valence-corrected chi connectivity index (χ0v) is 12.2. The van der Waals surface area contributed by atoms with Crippen molar-refractivity contribution >= 4 is 18.0 Å². The molecule has 0 aromatic heterocycles. The Bertz CT molecular complexity index is 642. The fourth-order valence-electron chi connectivity index (χ4n) is 2.14. The van der Waals surface area contributed by atoms with Crippen molar-refractivity contribution in [3.8, 4) is 5.75 Å². The normalized spacial score (nSPS) is 30.2. The van der Waals surface area contributed by atoms with Gasteiger partial charge in [-0.2, -0.15) is 0 Å². The Morgan fingerprint density at radius 1 is 1.08 bits per heavy atom. The van der Waals surface area contributed by atoms with E-state index in [-0.39, 0.29) is 5.75 Å². The van der Waals surface area contributed by atoms with E-state index in [1.54, 1.807) is 12.1 Å². The first-order valence-corrected chi connectivity index (χ1v) is 6.90. The minimum Gasteiger partial charge on any atom is -0.479 e. The summed E-state index contributed by atoms with van der Waals surface area (Å²) in [5.74, 6) is -2.49. The molecule has 0 bridgehead atoms. The Hall–Kier alpha value is -2.46. The van der Waals surface area contributed by atoms with E-state index >= 15 is 0 Å². The van der Waals surface area contributed by atoms with Crippen LogP contribution in [0.15, 0.2) is 30.3 Å². The molecule has 1 aliphatic heterocycles. The molecule has 1 aromatic carbocycles. The third kappa shape index (κ3) is 4.09. The second-order valence-electron chi connectivity index (χ2n) is 5.10. The Labute approximate surface area is 136 Å². The van der Waals surface area contributed by atoms with E-state index in [0.717, 1.165) is 6.08 Å². The highest BCUT2D eigenvalue weighted by atomic mass is 16.7. The van der Waals surface area contributed by atoms with E-state index in [9.17, 15) is 24.9 Å². The summed E-state index contributed by atoms with van der Waals surface area (Å²) in [5, 5.41) is 46.7. The molecule has 1 aromatic rings. The first kappa shape index (κ1) is 17.9. The van der Waals surface area contributed by atoms with Gasteiger partial charge in [-0.15, -0.1) is 0 Å². The van der Waals surface area contributed by atoms with Crippen molar-refractivity contribution < 1.29 is 44.6 Å². The summed E-state index contributed by atoms with van der Waals surface area (Å²) in [6.07, 6.45) is -6.29. The fraction of sp³-hybridized carbons (Fsp3) is 0.333. The number of hydrogen-bond acceptors (Lipinski definition) is 7. The van der Waals surface area contributed by atoms with Gasteiger partial charge < -0.3 is 35.0 Å². The van der Waals surface area contributed by atoms with Crippen LogP contribution >= 0.6 is 0 Å². The number of hydrogen-bond donors (Lipinski definition) is 5. The summed E-state index contributed by atoms with van der Waals surface area (Å²) in [4.78, 5) is 21.5. The quantitative estimate of drug-likeness (QED) is 0.427. The molecule has 2 rings (SSSR count). The van der Waals surface area contributed by atoms with Crippen LogP contribution in [0.3, 0.4) is 0 Å². The summed E-state index contributed by atoms with van der Waals surface area (Å²) >= 11 is 0. The van der Waals surface area contributed by atoms with Crippen LogP contribution in [0.2, 0.25) is 0 Å². The second-order valence-corrected chi connectivity index (χ2v) is 5.10. The van der Waals surface area contributed by atoms with Crippen LogP contribution in [0.4, 0.5) is 0 Å². The maximum Gasteiger partial charge on any atom is 0.335 e. The molecule has 9 nitrogen and oxygen atoms in total. The topological polar surface area (TPSA) is 154 Å². The molecule has 0 radical (unpaired) electrons. The van der Waals surface area contributed by atoms with Crippen molar-refractivity contribution in [3.05, 3.63) is 35.9 Å². The number of carbonyl (C=O) groups is 2. The molecule has 1 heterocycles. The van der Waals surface area contributed by atoms with Crippen molar-refractivity contribution in [1.82, 2.24) is 0 Å². The number of aliphatic hydroxyl groups is 3. The van der Waals surface area contributed by atoms with Crippen LogP contribution in [0.25, 0.3) is 6.08 Å². The standard InChI is InChI=1S/C15H16O9/c16-9(17)5-4-7-2-1-3-8(6-7)23-15-12(20)10(18)11(19)13(24-15)14(21)22/h1-6,10-13,15,18-20H,(H,16,17)(H,21,22)/b5-4+. The molecule has 0 saturated carbocycles. The molecule has 5 atom stereocenters. The van der Waals surface area contributed by atoms with E-state index in [1.165, 1.54) is 18.2 Å². The van der Waals surface area contributed by atoms with Crippen LogP contribution in [0.1, 0.15) is 5.56 Å². The maximum absolute atomic E-state index is 11.0. The molecule has 1 saturated heterocycles. The zero-order valence-electron chi connectivity index (χ0n) is 12.2. The molecule has 0 aliphatic carbocycles. The molecule has 0 amide bonds. The van der Waals surface area contributed by atoms with Gasteiger partial charge in [0, 0.05) is 6.08 Å². The Morgan fingerprint density at radius 2 is 1.79 bits per heavy atom. The van der Waals surface area contributed by atoms with Crippen molar-refractivity contribution in [2.75, 3.05) is 0 Å². The van der Waals surface area contributed by atoms with Crippen molar-refractivity contribution in [1.29, 1.82) is 0 Å². The minimum atomic E-state index is -1.80. The molecule has 5 N–H and O–H groups in total. The van der Waals surface area contributed by atoms with Gasteiger partial charge in [0.15, 0.2) is 6.10 Å². The van der Waals surface area contributed by atoms with Gasteiger partial charge in [0.05, 0.1) is 0 Å². The zero-order chi connectivity index (χ0) is 17.9. The van der Waals surface area contributed by atoms with Gasteiger partial charge in [-0.25, -0.2) is 9.59 Å². The number of rotatable bonds is 5. The fourth-order valence-corrected chi connectivity index (χ4v) is 2.14. The molecule has 1 fully saturated rings. The third-order valence-electron chi connectivity index (χ3n) is 3.34. The molecule has 130 valence electrons. The highest BCUT2D eigenvalue weighted by molar-refractivity contribution is 5.85. The van der Waals surface area contributed by atoms with Gasteiger partial charge >= 0.3 is 11.9 Å². The number of aliphatic hydroxyl groups excluding tert-OH is 3. The van der Waals surface area contributed by atoms with Crippen LogP contribution in [-0.2, 0) is 14.3 Å².